The fourth-order valence-corrected chi connectivity index (χ4v) is 7.37. The van der Waals surface area contributed by atoms with E-state index in [1.807, 2.05) is 0 Å². The number of hydrogen-bond acceptors (Lipinski definition) is 9. The van der Waals surface area contributed by atoms with Crippen molar-refractivity contribution < 1.29 is 44.3 Å². The predicted molar refractivity (Wildman–Crippen MR) is 104 cm³/mol. The molecule has 0 aromatic carbocycles. The van der Waals surface area contributed by atoms with Crippen molar-refractivity contribution in [3.63, 3.8) is 0 Å². The number of fused-ring (bicyclic) bond motifs is 2. The molecule has 0 radical (unpaired) electrons. The zero-order chi connectivity index (χ0) is 23.3. The summed E-state index contributed by atoms with van der Waals surface area (Å²) in [5, 5.41) is 45.3. The van der Waals surface area contributed by atoms with Crippen LogP contribution in [0.25, 0.3) is 0 Å². The summed E-state index contributed by atoms with van der Waals surface area (Å²) in [7, 11) is 0. The summed E-state index contributed by atoms with van der Waals surface area (Å²) < 4.78 is 10.9. The molecule has 11 atom stereocenters. The Kier molecular flexibility index (Phi) is 4.77. The van der Waals surface area contributed by atoms with Crippen LogP contribution < -0.4 is 0 Å². The molecule has 9 nitrogen and oxygen atoms in total. The van der Waals surface area contributed by atoms with Gasteiger partial charge in [-0.3, -0.25) is 9.59 Å². The average molecular weight is 438 g/mol. The van der Waals surface area contributed by atoms with Crippen LogP contribution in [0.15, 0.2) is 11.6 Å². The second-order valence-electron chi connectivity index (χ2n) is 10.1. The van der Waals surface area contributed by atoms with Crippen molar-refractivity contribution in [2.75, 3.05) is 0 Å². The Morgan fingerprint density at radius 1 is 1.19 bits per heavy atom. The Morgan fingerprint density at radius 2 is 1.81 bits per heavy atom. The van der Waals surface area contributed by atoms with Gasteiger partial charge in [0.25, 0.3) is 0 Å². The Hall–Kier alpha value is -1.81. The molecular weight excluding hydrogens is 408 g/mol. The average Bonchev–Trinajstić information content (AvgIpc) is 2.68. The molecule has 0 spiro atoms. The van der Waals surface area contributed by atoms with E-state index in [-0.39, 0.29) is 6.42 Å². The van der Waals surface area contributed by atoms with Gasteiger partial charge < -0.3 is 29.9 Å². The summed E-state index contributed by atoms with van der Waals surface area (Å²) in [5.74, 6) is -4.82. The number of rotatable bonds is 1. The number of ether oxygens (including phenoxy) is 2. The van der Waals surface area contributed by atoms with Gasteiger partial charge in [-0.25, -0.2) is 4.79 Å². The third kappa shape index (κ3) is 2.43. The maximum atomic E-state index is 12.9. The van der Waals surface area contributed by atoms with Crippen molar-refractivity contribution in [2.45, 2.75) is 77.2 Å². The van der Waals surface area contributed by atoms with Gasteiger partial charge in [-0.2, -0.15) is 0 Å². The molecular formula is C22H30O9. The number of allylic oxidation sites excluding steroid dienone is 1. The Bertz CT molecular complexity index is 882. The standard InChI is InChI=1S/C22H30O9/c1-8-6-12(24)17(27)20(4)11(8)7-13-21(5)16(20)15(26)14(25)9(2)22(21,29)18(19(28)31-13)30-10(3)23/h6,9,11,13-18,25-27,29H,7H2,1-5H3/t9-,11-,13+,14+,15-,16+,17+,18-,20-,21+,22-/m0/s1. The largest absolute Gasteiger partial charge is 0.459 e. The minimum atomic E-state index is -2.10. The second-order valence-corrected chi connectivity index (χ2v) is 10.1. The van der Waals surface area contributed by atoms with Crippen LogP contribution in [0.1, 0.15) is 41.0 Å². The Balaban J connectivity index is 1.99. The summed E-state index contributed by atoms with van der Waals surface area (Å²) in [5.41, 5.74) is -4.13. The lowest BCUT2D eigenvalue weighted by molar-refractivity contribution is -0.357. The van der Waals surface area contributed by atoms with E-state index >= 15 is 0 Å². The predicted octanol–water partition coefficient (Wildman–Crippen LogP) is -0.515. The van der Waals surface area contributed by atoms with E-state index in [2.05, 4.69) is 0 Å². The van der Waals surface area contributed by atoms with Crippen molar-refractivity contribution in [1.82, 2.24) is 0 Å². The van der Waals surface area contributed by atoms with E-state index in [1.165, 1.54) is 13.0 Å². The zero-order valence-electron chi connectivity index (χ0n) is 18.2. The van der Waals surface area contributed by atoms with Gasteiger partial charge >= 0.3 is 11.9 Å². The fraction of sp³-hybridized carbons (Fsp3) is 0.773. The van der Waals surface area contributed by atoms with E-state index in [1.54, 1.807) is 20.8 Å². The summed E-state index contributed by atoms with van der Waals surface area (Å²) >= 11 is 0. The summed E-state index contributed by atoms with van der Waals surface area (Å²) in [6.45, 7) is 7.58. The van der Waals surface area contributed by atoms with E-state index in [0.29, 0.717) is 5.57 Å². The molecule has 1 heterocycles. The van der Waals surface area contributed by atoms with Gasteiger partial charge in [0, 0.05) is 29.6 Å². The van der Waals surface area contributed by atoms with Crippen molar-refractivity contribution in [1.29, 1.82) is 0 Å². The van der Waals surface area contributed by atoms with E-state index in [0.717, 1.165) is 6.92 Å². The van der Waals surface area contributed by atoms with Crippen LogP contribution >= 0.6 is 0 Å². The van der Waals surface area contributed by atoms with Crippen LogP contribution in [0, 0.1) is 28.6 Å². The molecule has 3 fully saturated rings. The van der Waals surface area contributed by atoms with Gasteiger partial charge in [0.15, 0.2) is 5.78 Å². The molecule has 0 amide bonds. The minimum Gasteiger partial charge on any atom is -0.459 e. The van der Waals surface area contributed by atoms with Gasteiger partial charge in [-0.15, -0.1) is 0 Å². The highest BCUT2D eigenvalue weighted by molar-refractivity contribution is 5.96. The Labute approximate surface area is 180 Å². The minimum absolute atomic E-state index is 0.201. The summed E-state index contributed by atoms with van der Waals surface area (Å²) in [4.78, 5) is 37.2. The van der Waals surface area contributed by atoms with Gasteiger partial charge in [-0.05, 0) is 25.3 Å². The number of ketones is 1. The van der Waals surface area contributed by atoms with Gasteiger partial charge in [0.05, 0.1) is 12.2 Å². The monoisotopic (exact) mass is 438 g/mol. The zero-order valence-corrected chi connectivity index (χ0v) is 18.2. The molecule has 4 aliphatic rings. The lowest BCUT2D eigenvalue weighted by Gasteiger charge is -2.71. The van der Waals surface area contributed by atoms with Crippen LogP contribution in [0.4, 0.5) is 0 Å². The maximum absolute atomic E-state index is 12.9. The third-order valence-electron chi connectivity index (χ3n) is 8.88. The summed E-state index contributed by atoms with van der Waals surface area (Å²) in [6, 6.07) is 0. The third-order valence-corrected chi connectivity index (χ3v) is 8.88. The SMILES string of the molecule is CC(=O)O[C@H]1C(=O)O[C@@H]2C[C@H]3C(C)=CC(=O)[C@@H](O)[C@]3(C)[C@H]3[C@@H](O)[C@H](O)[C@H](C)[C@@]1(O)[C@@]32C. The lowest BCUT2D eigenvalue weighted by atomic mass is 9.36. The molecule has 0 aromatic heterocycles. The molecule has 1 saturated heterocycles. The topological polar surface area (TPSA) is 151 Å². The first kappa shape index (κ1) is 22.4. The van der Waals surface area contributed by atoms with Gasteiger partial charge in [0.1, 0.15) is 17.8 Å². The molecule has 172 valence electrons. The maximum Gasteiger partial charge on any atom is 0.350 e. The van der Waals surface area contributed by atoms with Crippen molar-refractivity contribution in [2.24, 2.45) is 28.6 Å². The quantitative estimate of drug-likeness (QED) is 0.397. The fourth-order valence-electron chi connectivity index (χ4n) is 7.37. The first-order valence-corrected chi connectivity index (χ1v) is 10.6. The molecule has 9 heteroatoms. The van der Waals surface area contributed by atoms with E-state index in [9.17, 15) is 34.8 Å². The second kappa shape index (κ2) is 6.60. The number of carbonyl (C=O) groups excluding carboxylic acids is 3. The van der Waals surface area contributed by atoms with Crippen molar-refractivity contribution in [3.05, 3.63) is 11.6 Å². The first-order chi connectivity index (χ1) is 14.2. The van der Waals surface area contributed by atoms with Crippen LogP contribution in [0.2, 0.25) is 0 Å². The molecule has 0 unspecified atom stereocenters. The lowest BCUT2D eigenvalue weighted by Crippen LogP contribution is -2.83. The number of aliphatic hydroxyl groups is 4. The van der Waals surface area contributed by atoms with E-state index in [4.69, 9.17) is 9.47 Å². The molecule has 0 bridgehead atoms. The molecule has 3 aliphatic carbocycles. The highest BCUT2D eigenvalue weighted by Gasteiger charge is 2.80. The summed E-state index contributed by atoms with van der Waals surface area (Å²) in [6.07, 6.45) is -5.49. The van der Waals surface area contributed by atoms with E-state index < -0.39 is 82.4 Å². The van der Waals surface area contributed by atoms with Gasteiger partial charge in [0.2, 0.25) is 6.10 Å². The van der Waals surface area contributed by atoms with Crippen molar-refractivity contribution >= 4 is 17.7 Å². The molecule has 4 rings (SSSR count). The van der Waals surface area contributed by atoms with Crippen LogP contribution in [0.5, 0.6) is 0 Å². The number of aliphatic hydroxyl groups excluding tert-OH is 3. The molecule has 0 aromatic rings. The molecule has 1 aliphatic heterocycles. The molecule has 2 saturated carbocycles. The van der Waals surface area contributed by atoms with Crippen LogP contribution in [0.3, 0.4) is 0 Å². The highest BCUT2D eigenvalue weighted by Crippen LogP contribution is 2.69. The van der Waals surface area contributed by atoms with Crippen LogP contribution in [-0.4, -0.2) is 74.3 Å². The molecule has 4 N–H and O–H groups in total. The number of carbonyl (C=O) groups is 3. The number of esters is 2. The van der Waals surface area contributed by atoms with Gasteiger partial charge in [-0.1, -0.05) is 26.3 Å². The number of hydrogen-bond donors (Lipinski definition) is 4. The van der Waals surface area contributed by atoms with Crippen molar-refractivity contribution in [3.8, 4) is 0 Å². The molecule has 31 heavy (non-hydrogen) atoms. The normalized spacial score (nSPS) is 53.6. The highest BCUT2D eigenvalue weighted by atomic mass is 16.6. The Morgan fingerprint density at radius 3 is 2.39 bits per heavy atom. The first-order valence-electron chi connectivity index (χ1n) is 10.6. The van der Waals surface area contributed by atoms with Crippen LogP contribution in [-0.2, 0) is 23.9 Å². The smallest absolute Gasteiger partial charge is 0.350 e.